The Bertz CT molecular complexity index is 352. The van der Waals surface area contributed by atoms with Crippen LogP contribution in [-0.2, 0) is 19.4 Å². The first-order chi connectivity index (χ1) is 7.94. The maximum atomic E-state index is 11.5. The zero-order valence-electron chi connectivity index (χ0n) is 10.5. The summed E-state index contributed by atoms with van der Waals surface area (Å²) in [5, 5.41) is 0. The zero-order valence-corrected chi connectivity index (χ0v) is 11.3. The van der Waals surface area contributed by atoms with Crippen LogP contribution in [0.15, 0.2) is 0 Å². The van der Waals surface area contributed by atoms with Crippen molar-refractivity contribution in [2.45, 2.75) is 20.3 Å². The van der Waals surface area contributed by atoms with E-state index >= 15 is 0 Å². The van der Waals surface area contributed by atoms with E-state index in [1.807, 2.05) is 11.8 Å². The fraction of sp³-hybridized carbons (Fsp3) is 0.909. The van der Waals surface area contributed by atoms with Gasteiger partial charge in [0.1, 0.15) is 0 Å². The molecule has 0 saturated carbocycles. The van der Waals surface area contributed by atoms with Crippen LogP contribution in [0.25, 0.3) is 0 Å². The molecule has 0 aromatic rings. The van der Waals surface area contributed by atoms with Gasteiger partial charge >= 0.3 is 5.97 Å². The van der Waals surface area contributed by atoms with Crippen LogP contribution >= 0.6 is 0 Å². The van der Waals surface area contributed by atoms with E-state index in [9.17, 15) is 13.2 Å². The van der Waals surface area contributed by atoms with Gasteiger partial charge in [-0.1, -0.05) is 6.92 Å². The molecule has 0 aromatic heterocycles. The summed E-state index contributed by atoms with van der Waals surface area (Å²) in [5.74, 6) is 0.0511. The Labute approximate surface area is 103 Å². The molecule has 1 aliphatic rings. The van der Waals surface area contributed by atoms with E-state index in [-0.39, 0.29) is 23.4 Å². The number of hydrogen-bond donors (Lipinski definition) is 0. The van der Waals surface area contributed by atoms with Gasteiger partial charge in [-0.05, 0) is 19.9 Å². The summed E-state index contributed by atoms with van der Waals surface area (Å²) in [7, 11) is -2.88. The number of hydrogen-bond acceptors (Lipinski definition) is 5. The van der Waals surface area contributed by atoms with Crippen molar-refractivity contribution < 1.29 is 17.9 Å². The Morgan fingerprint density at radius 1 is 1.35 bits per heavy atom. The van der Waals surface area contributed by atoms with Gasteiger partial charge in [0.2, 0.25) is 0 Å². The van der Waals surface area contributed by atoms with Crippen molar-refractivity contribution in [3.05, 3.63) is 0 Å². The van der Waals surface area contributed by atoms with Crippen molar-refractivity contribution in [1.29, 1.82) is 0 Å². The van der Waals surface area contributed by atoms with Crippen LogP contribution in [0.3, 0.4) is 0 Å². The minimum Gasteiger partial charge on any atom is -0.466 e. The third-order valence-electron chi connectivity index (χ3n) is 2.87. The topological polar surface area (TPSA) is 63.7 Å². The van der Waals surface area contributed by atoms with Gasteiger partial charge in [0.15, 0.2) is 9.84 Å². The first-order valence-electron chi connectivity index (χ1n) is 6.04. The number of nitrogens with zero attached hydrogens (tertiary/aromatic N) is 1. The van der Waals surface area contributed by atoms with Gasteiger partial charge in [-0.15, -0.1) is 0 Å². The standard InChI is InChI=1S/C11H21NO4S/c1-3-16-11(13)10(2)9-12-5-4-7-17(14,15)8-6-12/h10H,3-9H2,1-2H3. The first kappa shape index (κ1) is 14.4. The lowest BCUT2D eigenvalue weighted by molar-refractivity contribution is -0.148. The van der Waals surface area contributed by atoms with Gasteiger partial charge in [0, 0.05) is 13.1 Å². The Kier molecular flexibility index (Phi) is 5.39. The highest BCUT2D eigenvalue weighted by Gasteiger charge is 2.23. The van der Waals surface area contributed by atoms with E-state index in [2.05, 4.69) is 0 Å². The predicted molar refractivity (Wildman–Crippen MR) is 65.5 cm³/mol. The number of esters is 1. The van der Waals surface area contributed by atoms with Gasteiger partial charge in [0.05, 0.1) is 24.0 Å². The molecular formula is C11H21NO4S. The molecule has 1 saturated heterocycles. The van der Waals surface area contributed by atoms with E-state index in [4.69, 9.17) is 4.74 Å². The van der Waals surface area contributed by atoms with Gasteiger partial charge in [-0.25, -0.2) is 8.42 Å². The second kappa shape index (κ2) is 6.35. The second-order valence-corrected chi connectivity index (χ2v) is 6.76. The summed E-state index contributed by atoms with van der Waals surface area (Å²) in [5.41, 5.74) is 0. The molecule has 0 radical (unpaired) electrons. The van der Waals surface area contributed by atoms with E-state index < -0.39 is 9.84 Å². The van der Waals surface area contributed by atoms with Gasteiger partial charge in [-0.2, -0.15) is 0 Å². The number of carbonyl (C=O) groups excluding carboxylic acids is 1. The minimum atomic E-state index is -2.88. The third-order valence-corrected chi connectivity index (χ3v) is 4.58. The lowest BCUT2D eigenvalue weighted by Crippen LogP contribution is -2.34. The number of carbonyl (C=O) groups is 1. The van der Waals surface area contributed by atoms with Crippen molar-refractivity contribution in [3.63, 3.8) is 0 Å². The summed E-state index contributed by atoms with van der Waals surface area (Å²) in [6.45, 7) is 5.82. The summed E-state index contributed by atoms with van der Waals surface area (Å²) >= 11 is 0. The van der Waals surface area contributed by atoms with Crippen LogP contribution in [0.4, 0.5) is 0 Å². The molecule has 0 N–H and O–H groups in total. The zero-order chi connectivity index (χ0) is 12.9. The summed E-state index contributed by atoms with van der Waals surface area (Å²) in [6.07, 6.45) is 0.651. The van der Waals surface area contributed by atoms with Gasteiger partial charge in [0.25, 0.3) is 0 Å². The molecule has 1 rings (SSSR count). The fourth-order valence-electron chi connectivity index (χ4n) is 1.92. The second-order valence-electron chi connectivity index (χ2n) is 4.46. The quantitative estimate of drug-likeness (QED) is 0.683. The van der Waals surface area contributed by atoms with E-state index in [0.717, 1.165) is 6.54 Å². The minimum absolute atomic E-state index is 0.197. The predicted octanol–water partition coefficient (Wildman–Crippen LogP) is 0.306. The first-order valence-corrected chi connectivity index (χ1v) is 7.86. The summed E-state index contributed by atoms with van der Waals surface area (Å²) in [6, 6.07) is 0. The highest BCUT2D eigenvalue weighted by atomic mass is 32.2. The molecular weight excluding hydrogens is 242 g/mol. The summed E-state index contributed by atoms with van der Waals surface area (Å²) < 4.78 is 27.8. The van der Waals surface area contributed by atoms with Crippen LogP contribution < -0.4 is 0 Å². The van der Waals surface area contributed by atoms with E-state index in [0.29, 0.717) is 26.1 Å². The largest absolute Gasteiger partial charge is 0.466 e. The van der Waals surface area contributed by atoms with Crippen LogP contribution in [0.2, 0.25) is 0 Å². The molecule has 0 amide bonds. The Morgan fingerprint density at radius 3 is 2.71 bits per heavy atom. The maximum absolute atomic E-state index is 11.5. The molecule has 0 bridgehead atoms. The average Bonchev–Trinajstić information content (AvgIpc) is 2.41. The highest BCUT2D eigenvalue weighted by molar-refractivity contribution is 7.91. The molecule has 17 heavy (non-hydrogen) atoms. The third kappa shape index (κ3) is 5.04. The molecule has 0 aromatic carbocycles. The Hall–Kier alpha value is -0.620. The van der Waals surface area contributed by atoms with Crippen LogP contribution in [0.1, 0.15) is 20.3 Å². The van der Waals surface area contributed by atoms with Gasteiger partial charge in [-0.3, -0.25) is 4.79 Å². The monoisotopic (exact) mass is 263 g/mol. The fourth-order valence-corrected chi connectivity index (χ4v) is 3.23. The number of rotatable bonds is 4. The van der Waals surface area contributed by atoms with E-state index in [1.54, 1.807) is 6.92 Å². The highest BCUT2D eigenvalue weighted by Crippen LogP contribution is 2.09. The Balaban J connectivity index is 2.44. The van der Waals surface area contributed by atoms with Crippen molar-refractivity contribution >= 4 is 15.8 Å². The summed E-state index contributed by atoms with van der Waals surface area (Å²) in [4.78, 5) is 13.5. The lowest BCUT2D eigenvalue weighted by atomic mass is 10.1. The van der Waals surface area contributed by atoms with Crippen molar-refractivity contribution in [2.75, 3.05) is 37.7 Å². The van der Waals surface area contributed by atoms with Crippen LogP contribution in [0, 0.1) is 5.92 Å². The maximum Gasteiger partial charge on any atom is 0.309 e. The van der Waals surface area contributed by atoms with Crippen LogP contribution in [0.5, 0.6) is 0 Å². The average molecular weight is 263 g/mol. The normalized spacial score (nSPS) is 22.7. The molecule has 100 valence electrons. The molecule has 5 nitrogen and oxygen atoms in total. The lowest BCUT2D eigenvalue weighted by Gasteiger charge is -2.22. The van der Waals surface area contributed by atoms with Crippen molar-refractivity contribution in [2.24, 2.45) is 5.92 Å². The van der Waals surface area contributed by atoms with Gasteiger partial charge < -0.3 is 9.64 Å². The smallest absolute Gasteiger partial charge is 0.309 e. The van der Waals surface area contributed by atoms with E-state index in [1.165, 1.54) is 0 Å². The molecule has 6 heteroatoms. The molecule has 1 aliphatic heterocycles. The number of ether oxygens (including phenoxy) is 1. The molecule has 1 heterocycles. The van der Waals surface area contributed by atoms with Crippen LogP contribution in [-0.4, -0.2) is 57.0 Å². The molecule has 1 atom stereocenters. The Morgan fingerprint density at radius 2 is 2.06 bits per heavy atom. The molecule has 1 fully saturated rings. The van der Waals surface area contributed by atoms with Crippen molar-refractivity contribution in [1.82, 2.24) is 4.90 Å². The number of sulfone groups is 1. The molecule has 0 aliphatic carbocycles. The van der Waals surface area contributed by atoms with Crippen molar-refractivity contribution in [3.8, 4) is 0 Å². The molecule has 0 spiro atoms. The molecule has 1 unspecified atom stereocenters. The SMILES string of the molecule is CCOC(=O)C(C)CN1CCCS(=O)(=O)CC1.